The summed E-state index contributed by atoms with van der Waals surface area (Å²) in [6, 6.07) is 16.5. The van der Waals surface area contributed by atoms with Gasteiger partial charge in [0.2, 0.25) is 5.91 Å². The number of ether oxygens (including phenoxy) is 8. The van der Waals surface area contributed by atoms with E-state index in [-0.39, 0.29) is 25.2 Å². The molecule has 14 heteroatoms. The Morgan fingerprint density at radius 3 is 1.60 bits per heavy atom. The van der Waals surface area contributed by atoms with Crippen molar-refractivity contribution in [3.63, 3.8) is 0 Å². The maximum Gasteiger partial charge on any atom is 0.409 e. The third-order valence-corrected chi connectivity index (χ3v) is 7.11. The zero-order valence-corrected chi connectivity index (χ0v) is 27.6. The molecular formula is C34H48N2O12. The molecule has 0 bridgehead atoms. The summed E-state index contributed by atoms with van der Waals surface area (Å²) < 4.78 is 43.1. The highest BCUT2D eigenvalue weighted by Crippen LogP contribution is 2.44. The Hall–Kier alpha value is -3.63. The predicted octanol–water partition coefficient (Wildman–Crippen LogP) is 2.18. The van der Waals surface area contributed by atoms with Crippen LogP contribution in [0.15, 0.2) is 48.5 Å². The number of rotatable bonds is 27. The van der Waals surface area contributed by atoms with Gasteiger partial charge in [0.15, 0.2) is 0 Å². The van der Waals surface area contributed by atoms with Crippen molar-refractivity contribution in [2.24, 2.45) is 0 Å². The quantitative estimate of drug-likeness (QED) is 0.133. The van der Waals surface area contributed by atoms with Crippen molar-refractivity contribution in [2.45, 2.75) is 5.92 Å². The SMILES string of the molecule is CN(CCOCCOCCOCCOCCOCCOCCNC(=O)COCC(=O)O)C(=O)OCC1c2ccccc2-c2ccccc21. The van der Waals surface area contributed by atoms with Crippen LogP contribution in [0.5, 0.6) is 0 Å². The van der Waals surface area contributed by atoms with E-state index in [0.717, 1.165) is 0 Å². The van der Waals surface area contributed by atoms with Crippen LogP contribution in [-0.2, 0) is 47.5 Å². The summed E-state index contributed by atoms with van der Waals surface area (Å²) in [5, 5.41) is 11.0. The summed E-state index contributed by atoms with van der Waals surface area (Å²) in [5.74, 6) is -1.50. The van der Waals surface area contributed by atoms with Gasteiger partial charge in [-0.2, -0.15) is 0 Å². The van der Waals surface area contributed by atoms with Gasteiger partial charge in [-0.05, 0) is 22.3 Å². The lowest BCUT2D eigenvalue weighted by molar-refractivity contribution is -0.143. The van der Waals surface area contributed by atoms with Gasteiger partial charge in [0.05, 0.1) is 79.3 Å². The molecule has 0 unspecified atom stereocenters. The van der Waals surface area contributed by atoms with Gasteiger partial charge < -0.3 is 53.2 Å². The molecule has 2 aromatic carbocycles. The van der Waals surface area contributed by atoms with Gasteiger partial charge in [0, 0.05) is 26.1 Å². The molecule has 266 valence electrons. The lowest BCUT2D eigenvalue weighted by atomic mass is 9.98. The number of carboxylic acids is 1. The molecule has 3 rings (SSSR count). The number of carbonyl (C=O) groups excluding carboxylic acids is 2. The van der Waals surface area contributed by atoms with Crippen molar-refractivity contribution in [2.75, 3.05) is 119 Å². The Bertz CT molecular complexity index is 1180. The normalized spacial score (nSPS) is 12.0. The molecule has 0 saturated carbocycles. The molecule has 2 aromatic rings. The summed E-state index contributed by atoms with van der Waals surface area (Å²) in [6.45, 7) is 5.08. The minimum Gasteiger partial charge on any atom is -0.480 e. The highest BCUT2D eigenvalue weighted by atomic mass is 16.6. The van der Waals surface area contributed by atoms with Crippen LogP contribution in [0.2, 0.25) is 0 Å². The monoisotopic (exact) mass is 676 g/mol. The topological polar surface area (TPSA) is 161 Å². The molecular weight excluding hydrogens is 628 g/mol. The van der Waals surface area contributed by atoms with E-state index >= 15 is 0 Å². The number of carboxylic acid groups (broad SMARTS) is 1. The van der Waals surface area contributed by atoms with Crippen molar-refractivity contribution < 1.29 is 57.4 Å². The van der Waals surface area contributed by atoms with E-state index in [1.165, 1.54) is 27.2 Å². The van der Waals surface area contributed by atoms with Gasteiger partial charge in [0.1, 0.15) is 19.8 Å². The molecule has 48 heavy (non-hydrogen) atoms. The van der Waals surface area contributed by atoms with E-state index < -0.39 is 18.5 Å². The molecule has 0 atom stereocenters. The maximum atomic E-state index is 12.6. The van der Waals surface area contributed by atoms with Crippen LogP contribution in [-0.4, -0.2) is 147 Å². The average molecular weight is 677 g/mol. The molecule has 14 nitrogen and oxygen atoms in total. The van der Waals surface area contributed by atoms with Crippen LogP contribution < -0.4 is 5.32 Å². The number of nitrogens with zero attached hydrogens (tertiary/aromatic N) is 1. The van der Waals surface area contributed by atoms with E-state index in [1.54, 1.807) is 7.05 Å². The highest BCUT2D eigenvalue weighted by Gasteiger charge is 2.29. The van der Waals surface area contributed by atoms with Gasteiger partial charge in [-0.3, -0.25) is 4.79 Å². The molecule has 1 aliphatic rings. The van der Waals surface area contributed by atoms with Crippen LogP contribution in [0, 0.1) is 0 Å². The third-order valence-electron chi connectivity index (χ3n) is 7.11. The van der Waals surface area contributed by atoms with Gasteiger partial charge in [-0.1, -0.05) is 48.5 Å². The van der Waals surface area contributed by atoms with E-state index in [4.69, 9.17) is 38.3 Å². The van der Waals surface area contributed by atoms with E-state index in [1.807, 2.05) is 24.3 Å². The average Bonchev–Trinajstić information content (AvgIpc) is 3.41. The first kappa shape index (κ1) is 38.8. The first-order valence-corrected chi connectivity index (χ1v) is 16.1. The second-order valence-electron chi connectivity index (χ2n) is 10.6. The summed E-state index contributed by atoms with van der Waals surface area (Å²) in [4.78, 5) is 35.8. The third kappa shape index (κ3) is 15.1. The van der Waals surface area contributed by atoms with Crippen LogP contribution >= 0.6 is 0 Å². The Morgan fingerprint density at radius 2 is 1.10 bits per heavy atom. The zero-order valence-electron chi connectivity index (χ0n) is 27.6. The van der Waals surface area contributed by atoms with Crippen LogP contribution in [0.25, 0.3) is 11.1 Å². The fourth-order valence-corrected chi connectivity index (χ4v) is 4.74. The number of hydrogen-bond acceptors (Lipinski definition) is 11. The lowest BCUT2D eigenvalue weighted by Crippen LogP contribution is -2.32. The number of aliphatic carboxylic acids is 1. The van der Waals surface area contributed by atoms with Gasteiger partial charge in [-0.15, -0.1) is 0 Å². The number of amides is 2. The van der Waals surface area contributed by atoms with Gasteiger partial charge in [-0.25, -0.2) is 9.59 Å². The largest absolute Gasteiger partial charge is 0.480 e. The summed E-state index contributed by atoms with van der Waals surface area (Å²) >= 11 is 0. The van der Waals surface area contributed by atoms with Crippen LogP contribution in [0.4, 0.5) is 4.79 Å². The Kier molecular flexibility index (Phi) is 19.1. The molecule has 0 saturated heterocycles. The first-order chi connectivity index (χ1) is 23.5. The number of carbonyl (C=O) groups is 3. The van der Waals surface area contributed by atoms with Crippen LogP contribution in [0.1, 0.15) is 17.0 Å². The second kappa shape index (κ2) is 23.7. The maximum absolute atomic E-state index is 12.6. The van der Waals surface area contributed by atoms with Crippen molar-refractivity contribution >= 4 is 18.0 Å². The fraction of sp³-hybridized carbons (Fsp3) is 0.559. The number of hydrogen-bond donors (Lipinski definition) is 2. The molecule has 0 aromatic heterocycles. The fourth-order valence-electron chi connectivity index (χ4n) is 4.74. The summed E-state index contributed by atoms with van der Waals surface area (Å²) in [5.41, 5.74) is 4.76. The number of fused-ring (bicyclic) bond motifs is 3. The lowest BCUT2D eigenvalue weighted by Gasteiger charge is -2.19. The zero-order chi connectivity index (χ0) is 34.2. The molecule has 0 radical (unpaired) electrons. The number of likely N-dealkylation sites (N-methyl/N-ethyl adjacent to an activating group) is 1. The van der Waals surface area contributed by atoms with E-state index in [9.17, 15) is 14.4 Å². The molecule has 2 amide bonds. The Morgan fingerprint density at radius 1 is 0.646 bits per heavy atom. The van der Waals surface area contributed by atoms with E-state index in [0.29, 0.717) is 92.4 Å². The molecule has 2 N–H and O–H groups in total. The number of nitrogens with one attached hydrogen (secondary N) is 1. The number of benzene rings is 2. The molecule has 0 aliphatic heterocycles. The molecule has 1 aliphatic carbocycles. The van der Waals surface area contributed by atoms with Crippen molar-refractivity contribution in [1.82, 2.24) is 10.2 Å². The molecule has 0 fully saturated rings. The first-order valence-electron chi connectivity index (χ1n) is 16.1. The standard InChI is InChI=1S/C34H48N2O12/c1-36(34(40)48-24-31-29-8-4-2-6-27(29)28-7-3-5-9-30(28)31)11-13-42-15-17-44-19-21-46-23-22-45-20-18-43-16-14-41-12-10-35-32(37)25-47-26-33(38)39/h2-9,31H,10-26H2,1H3,(H,35,37)(H,38,39). The Labute approximate surface area is 281 Å². The molecule has 0 spiro atoms. The van der Waals surface area contributed by atoms with Crippen molar-refractivity contribution in [3.8, 4) is 11.1 Å². The van der Waals surface area contributed by atoms with E-state index in [2.05, 4.69) is 34.3 Å². The smallest absolute Gasteiger partial charge is 0.409 e. The summed E-state index contributed by atoms with van der Waals surface area (Å²) in [7, 11) is 1.70. The molecule has 0 heterocycles. The van der Waals surface area contributed by atoms with Crippen molar-refractivity contribution in [3.05, 3.63) is 59.7 Å². The summed E-state index contributed by atoms with van der Waals surface area (Å²) in [6.07, 6.45) is -0.377. The van der Waals surface area contributed by atoms with Gasteiger partial charge in [0.25, 0.3) is 0 Å². The van der Waals surface area contributed by atoms with Crippen LogP contribution in [0.3, 0.4) is 0 Å². The van der Waals surface area contributed by atoms with Gasteiger partial charge >= 0.3 is 12.1 Å². The Balaban J connectivity index is 1.04. The minimum atomic E-state index is -1.13. The minimum absolute atomic E-state index is 0.0292. The second-order valence-corrected chi connectivity index (χ2v) is 10.6. The van der Waals surface area contributed by atoms with Crippen molar-refractivity contribution in [1.29, 1.82) is 0 Å². The predicted molar refractivity (Wildman–Crippen MR) is 174 cm³/mol. The highest BCUT2D eigenvalue weighted by molar-refractivity contribution is 5.79.